The zero-order valence-corrected chi connectivity index (χ0v) is 10.1. The molecule has 0 spiro atoms. The Morgan fingerprint density at radius 1 is 1.22 bits per heavy atom. The molecular weight excluding hydrogens is 230 g/mol. The molecule has 2 aromatic rings. The number of hydrogen-bond acceptors (Lipinski definition) is 5. The van der Waals surface area contributed by atoms with Gasteiger partial charge in [-0.1, -0.05) is 0 Å². The summed E-state index contributed by atoms with van der Waals surface area (Å²) in [5, 5.41) is 7.36. The zero-order chi connectivity index (χ0) is 13.1. The summed E-state index contributed by atoms with van der Waals surface area (Å²) in [7, 11) is 0. The highest BCUT2D eigenvalue weighted by molar-refractivity contribution is 5.93. The number of nitrogens with zero attached hydrogens (tertiary/aromatic N) is 3. The summed E-state index contributed by atoms with van der Waals surface area (Å²) >= 11 is 0. The fourth-order valence-corrected chi connectivity index (χ4v) is 1.34. The second kappa shape index (κ2) is 4.79. The van der Waals surface area contributed by atoms with Gasteiger partial charge in [-0.05, 0) is 32.0 Å². The van der Waals surface area contributed by atoms with Gasteiger partial charge in [0.1, 0.15) is 17.3 Å². The van der Waals surface area contributed by atoms with Crippen molar-refractivity contribution in [2.45, 2.75) is 13.8 Å². The Labute approximate surface area is 104 Å². The minimum Gasteiger partial charge on any atom is -0.423 e. The van der Waals surface area contributed by atoms with Crippen LogP contribution in [-0.4, -0.2) is 20.8 Å². The smallest absolute Gasteiger partial charge is 0.322 e. The quantitative estimate of drug-likeness (QED) is 0.629. The van der Waals surface area contributed by atoms with Crippen LogP contribution in [0.25, 0.3) is 0 Å². The van der Waals surface area contributed by atoms with Gasteiger partial charge in [0.25, 0.3) is 0 Å². The number of nitrogens with one attached hydrogen (secondary N) is 1. The molecule has 92 valence electrons. The summed E-state index contributed by atoms with van der Waals surface area (Å²) in [5.41, 5.74) is 7.32. The fourth-order valence-electron chi connectivity index (χ4n) is 1.34. The van der Waals surface area contributed by atoms with Gasteiger partial charge in [-0.15, -0.1) is 0 Å². The molecule has 2 rings (SSSR count). The molecule has 6 nitrogen and oxygen atoms in total. The van der Waals surface area contributed by atoms with Crippen LogP contribution in [-0.2, 0) is 0 Å². The van der Waals surface area contributed by atoms with Gasteiger partial charge >= 0.3 is 6.01 Å². The summed E-state index contributed by atoms with van der Waals surface area (Å²) in [4.78, 5) is 12.3. The molecule has 3 N–H and O–H groups in total. The van der Waals surface area contributed by atoms with Crippen molar-refractivity contribution in [3.05, 3.63) is 41.5 Å². The molecule has 6 heteroatoms. The van der Waals surface area contributed by atoms with Gasteiger partial charge in [-0.3, -0.25) is 10.4 Å². The van der Waals surface area contributed by atoms with Crippen molar-refractivity contribution < 1.29 is 4.74 Å². The maximum Gasteiger partial charge on any atom is 0.322 e. The largest absolute Gasteiger partial charge is 0.423 e. The van der Waals surface area contributed by atoms with E-state index in [4.69, 9.17) is 15.9 Å². The van der Waals surface area contributed by atoms with Crippen LogP contribution in [0, 0.1) is 19.3 Å². The first-order chi connectivity index (χ1) is 8.54. The Hall–Kier alpha value is -2.50. The Morgan fingerprint density at radius 2 is 2.00 bits per heavy atom. The van der Waals surface area contributed by atoms with Gasteiger partial charge < -0.3 is 10.5 Å². The van der Waals surface area contributed by atoms with E-state index in [1.807, 2.05) is 13.0 Å². The van der Waals surface area contributed by atoms with E-state index in [2.05, 4.69) is 15.0 Å². The third-order valence-electron chi connectivity index (χ3n) is 2.20. The number of amidine groups is 1. The Balaban J connectivity index is 2.28. The standard InChI is InChI=1S/C12H13N5O/c1-7-3-4-9(6-15-7)18-12-16-8(2)5-10(17-12)11(13)14/h3-6H,1-2H3,(H3,13,14). The van der Waals surface area contributed by atoms with E-state index in [1.54, 1.807) is 25.3 Å². The van der Waals surface area contributed by atoms with Crippen LogP contribution in [0.2, 0.25) is 0 Å². The highest BCUT2D eigenvalue weighted by Crippen LogP contribution is 2.17. The second-order valence-corrected chi connectivity index (χ2v) is 3.83. The lowest BCUT2D eigenvalue weighted by molar-refractivity contribution is 0.437. The van der Waals surface area contributed by atoms with Crippen molar-refractivity contribution in [1.29, 1.82) is 5.41 Å². The van der Waals surface area contributed by atoms with Gasteiger partial charge in [-0.2, -0.15) is 4.98 Å². The predicted octanol–water partition coefficient (Wildman–Crippen LogP) is 1.56. The molecule has 0 aliphatic rings. The lowest BCUT2D eigenvalue weighted by Gasteiger charge is -2.06. The maximum absolute atomic E-state index is 7.36. The highest BCUT2D eigenvalue weighted by Gasteiger charge is 2.06. The minimum absolute atomic E-state index is 0.118. The molecule has 0 atom stereocenters. The van der Waals surface area contributed by atoms with Crippen LogP contribution in [0.3, 0.4) is 0 Å². The topological polar surface area (TPSA) is 97.8 Å². The number of rotatable bonds is 3. The Morgan fingerprint density at radius 3 is 2.61 bits per heavy atom. The van der Waals surface area contributed by atoms with Crippen LogP contribution < -0.4 is 10.5 Å². The first-order valence-electron chi connectivity index (χ1n) is 5.35. The van der Waals surface area contributed by atoms with Crippen LogP contribution >= 0.6 is 0 Å². The van der Waals surface area contributed by atoms with E-state index in [0.717, 1.165) is 5.69 Å². The van der Waals surface area contributed by atoms with Gasteiger partial charge in [0, 0.05) is 11.4 Å². The molecule has 0 unspecified atom stereocenters. The molecule has 18 heavy (non-hydrogen) atoms. The lowest BCUT2D eigenvalue weighted by Crippen LogP contribution is -2.14. The molecule has 2 heterocycles. The summed E-state index contributed by atoms with van der Waals surface area (Å²) < 4.78 is 5.47. The van der Waals surface area contributed by atoms with E-state index >= 15 is 0 Å². The third-order valence-corrected chi connectivity index (χ3v) is 2.20. The van der Waals surface area contributed by atoms with E-state index in [9.17, 15) is 0 Å². The molecule has 0 aromatic carbocycles. The second-order valence-electron chi connectivity index (χ2n) is 3.83. The molecule has 2 aromatic heterocycles. The molecule has 0 fully saturated rings. The first kappa shape index (κ1) is 12.0. The van der Waals surface area contributed by atoms with E-state index < -0.39 is 0 Å². The van der Waals surface area contributed by atoms with Crippen LogP contribution in [0.15, 0.2) is 24.4 Å². The summed E-state index contributed by atoms with van der Waals surface area (Å²) in [6.45, 7) is 3.68. The number of ether oxygens (including phenoxy) is 1. The number of nitrogen functional groups attached to an aromatic ring is 1. The minimum atomic E-state index is -0.118. The monoisotopic (exact) mass is 243 g/mol. The number of nitrogens with two attached hydrogens (primary N) is 1. The molecule has 0 bridgehead atoms. The molecule has 0 amide bonds. The average molecular weight is 243 g/mol. The normalized spacial score (nSPS) is 10.1. The number of aromatic nitrogens is 3. The first-order valence-corrected chi connectivity index (χ1v) is 5.35. The number of pyridine rings is 1. The molecule has 0 saturated carbocycles. The Kier molecular flexibility index (Phi) is 3.18. The van der Waals surface area contributed by atoms with E-state index in [-0.39, 0.29) is 11.8 Å². The summed E-state index contributed by atoms with van der Waals surface area (Å²) in [6.07, 6.45) is 1.59. The van der Waals surface area contributed by atoms with Crippen LogP contribution in [0.5, 0.6) is 11.8 Å². The average Bonchev–Trinajstić information content (AvgIpc) is 2.31. The van der Waals surface area contributed by atoms with Gasteiger partial charge in [0.15, 0.2) is 0 Å². The van der Waals surface area contributed by atoms with Gasteiger partial charge in [0.05, 0.1) is 6.20 Å². The van der Waals surface area contributed by atoms with Crippen LogP contribution in [0.4, 0.5) is 0 Å². The lowest BCUT2D eigenvalue weighted by atomic mass is 10.3. The van der Waals surface area contributed by atoms with Crippen molar-refractivity contribution >= 4 is 5.84 Å². The van der Waals surface area contributed by atoms with Crippen LogP contribution in [0.1, 0.15) is 17.1 Å². The molecule has 0 aliphatic carbocycles. The third kappa shape index (κ3) is 2.79. The van der Waals surface area contributed by atoms with Crippen molar-refractivity contribution in [2.75, 3.05) is 0 Å². The van der Waals surface area contributed by atoms with Crippen molar-refractivity contribution in [3.63, 3.8) is 0 Å². The SMILES string of the molecule is Cc1ccc(Oc2nc(C)cc(C(=N)N)n2)cn1. The molecule has 0 saturated heterocycles. The Bertz CT molecular complexity index is 580. The van der Waals surface area contributed by atoms with Crippen molar-refractivity contribution in [3.8, 4) is 11.8 Å². The fraction of sp³-hybridized carbons (Fsp3) is 0.167. The van der Waals surface area contributed by atoms with E-state index in [0.29, 0.717) is 17.1 Å². The van der Waals surface area contributed by atoms with Crippen molar-refractivity contribution in [1.82, 2.24) is 15.0 Å². The summed E-state index contributed by atoms with van der Waals surface area (Å²) in [5.74, 6) is 0.424. The number of hydrogen-bond donors (Lipinski definition) is 2. The highest BCUT2D eigenvalue weighted by atomic mass is 16.5. The van der Waals surface area contributed by atoms with Gasteiger partial charge in [0.2, 0.25) is 0 Å². The maximum atomic E-state index is 7.36. The summed E-state index contributed by atoms with van der Waals surface area (Å²) in [6, 6.07) is 5.40. The van der Waals surface area contributed by atoms with E-state index in [1.165, 1.54) is 0 Å². The molecular formula is C12H13N5O. The molecule has 0 aliphatic heterocycles. The van der Waals surface area contributed by atoms with Gasteiger partial charge in [-0.25, -0.2) is 4.98 Å². The van der Waals surface area contributed by atoms with Crippen molar-refractivity contribution in [2.24, 2.45) is 5.73 Å². The zero-order valence-electron chi connectivity index (χ0n) is 10.1. The predicted molar refractivity (Wildman–Crippen MR) is 66.8 cm³/mol. The number of aryl methyl sites for hydroxylation is 2. The molecule has 0 radical (unpaired) electrons.